The Morgan fingerprint density at radius 2 is 2.26 bits per heavy atom. The van der Waals surface area contributed by atoms with Crippen LogP contribution in [0.15, 0.2) is 12.1 Å². The number of fused-ring (bicyclic) bond motifs is 5. The molecule has 1 saturated carbocycles. The number of carbonyl (C=O) groups excluding carboxylic acids is 1. The van der Waals surface area contributed by atoms with Gasteiger partial charge in [0.05, 0.1) is 18.5 Å². The fraction of sp³-hybridized carbons (Fsp3) is 0.526. The third-order valence-corrected chi connectivity index (χ3v) is 6.41. The van der Waals surface area contributed by atoms with E-state index < -0.39 is 0 Å². The Morgan fingerprint density at radius 3 is 2.96 bits per heavy atom. The number of nitrogens with one attached hydrogen (secondary N) is 1. The van der Waals surface area contributed by atoms with Gasteiger partial charge in [-0.3, -0.25) is 4.79 Å². The van der Waals surface area contributed by atoms with Crippen LogP contribution in [-0.4, -0.2) is 17.6 Å². The standard InChI is InChI=1S/C19H22ClNO2/c1-3-23-16(22)10-19-9-8-12(19)4-5-14-13-6-7-15(20)11(2)17(13)21-18(14)19/h6-7,12,21H,3-5,8-10H2,1-2H3/t12-,19-/m1/s1. The van der Waals surface area contributed by atoms with E-state index in [9.17, 15) is 4.79 Å². The van der Waals surface area contributed by atoms with Gasteiger partial charge in [-0.15, -0.1) is 0 Å². The van der Waals surface area contributed by atoms with E-state index in [1.165, 1.54) is 29.5 Å². The number of carbonyl (C=O) groups is 1. The second kappa shape index (κ2) is 5.27. The van der Waals surface area contributed by atoms with E-state index in [1.807, 2.05) is 13.0 Å². The largest absolute Gasteiger partial charge is 0.466 e. The number of aryl methyl sites for hydroxylation is 2. The average Bonchev–Trinajstić information content (AvgIpc) is 2.87. The predicted molar refractivity (Wildman–Crippen MR) is 92.0 cm³/mol. The monoisotopic (exact) mass is 331 g/mol. The quantitative estimate of drug-likeness (QED) is 0.830. The Balaban J connectivity index is 1.85. The summed E-state index contributed by atoms with van der Waals surface area (Å²) in [5, 5.41) is 2.07. The van der Waals surface area contributed by atoms with Crippen LogP contribution in [-0.2, 0) is 21.4 Å². The van der Waals surface area contributed by atoms with Crippen LogP contribution in [0.25, 0.3) is 10.9 Å². The number of benzene rings is 1. The highest BCUT2D eigenvalue weighted by atomic mass is 35.5. The molecule has 1 heterocycles. The number of hydrogen-bond acceptors (Lipinski definition) is 2. The molecule has 2 aliphatic rings. The molecule has 2 aliphatic carbocycles. The first-order valence-electron chi connectivity index (χ1n) is 8.52. The van der Waals surface area contributed by atoms with Gasteiger partial charge >= 0.3 is 5.97 Å². The summed E-state index contributed by atoms with van der Waals surface area (Å²) < 4.78 is 5.25. The highest BCUT2D eigenvalue weighted by molar-refractivity contribution is 6.32. The molecule has 1 fully saturated rings. The van der Waals surface area contributed by atoms with Gasteiger partial charge in [0.2, 0.25) is 0 Å². The smallest absolute Gasteiger partial charge is 0.306 e. The maximum atomic E-state index is 12.2. The van der Waals surface area contributed by atoms with E-state index in [2.05, 4.69) is 18.0 Å². The lowest BCUT2D eigenvalue weighted by molar-refractivity contribution is -0.147. The van der Waals surface area contributed by atoms with E-state index in [4.69, 9.17) is 16.3 Å². The SMILES string of the molecule is CCOC(=O)C[C@]12CC[C@H]1CCc1c2[nH]c2c(C)c(Cl)ccc12. The summed E-state index contributed by atoms with van der Waals surface area (Å²) in [6, 6.07) is 4.11. The minimum absolute atomic E-state index is 0.0439. The molecule has 0 amide bonds. The molecule has 4 rings (SSSR count). The molecule has 2 atom stereocenters. The molecule has 1 aromatic heterocycles. The van der Waals surface area contributed by atoms with Crippen LogP contribution < -0.4 is 0 Å². The van der Waals surface area contributed by atoms with Gasteiger partial charge in [0.1, 0.15) is 0 Å². The lowest BCUT2D eigenvalue weighted by atomic mass is 9.52. The summed E-state index contributed by atoms with van der Waals surface area (Å²) >= 11 is 6.30. The van der Waals surface area contributed by atoms with Crippen LogP contribution >= 0.6 is 11.6 Å². The molecular weight excluding hydrogens is 310 g/mol. The zero-order valence-corrected chi connectivity index (χ0v) is 14.4. The minimum atomic E-state index is -0.0709. The molecule has 122 valence electrons. The van der Waals surface area contributed by atoms with Crippen molar-refractivity contribution in [2.75, 3.05) is 6.61 Å². The number of esters is 1. The molecule has 0 unspecified atom stereocenters. The second-order valence-electron chi connectivity index (χ2n) is 6.99. The summed E-state index contributed by atoms with van der Waals surface area (Å²) in [6.45, 7) is 4.38. The molecule has 4 heteroatoms. The summed E-state index contributed by atoms with van der Waals surface area (Å²) in [5.74, 6) is 0.529. The third kappa shape index (κ3) is 2.06. The predicted octanol–water partition coefficient (Wildman–Crippen LogP) is 4.68. The van der Waals surface area contributed by atoms with E-state index in [-0.39, 0.29) is 11.4 Å². The number of hydrogen-bond donors (Lipinski definition) is 1. The molecular formula is C19H22ClNO2. The number of H-pyrrole nitrogens is 1. The molecule has 0 saturated heterocycles. The van der Waals surface area contributed by atoms with Gasteiger partial charge in [-0.25, -0.2) is 0 Å². The Morgan fingerprint density at radius 1 is 1.43 bits per heavy atom. The van der Waals surface area contributed by atoms with E-state index >= 15 is 0 Å². The fourth-order valence-corrected chi connectivity index (χ4v) is 4.83. The van der Waals surface area contributed by atoms with E-state index in [0.29, 0.717) is 18.9 Å². The van der Waals surface area contributed by atoms with Gasteiger partial charge in [0, 0.05) is 21.5 Å². The Bertz CT molecular complexity index is 794. The number of ether oxygens (including phenoxy) is 1. The Hall–Kier alpha value is -1.48. The van der Waals surface area contributed by atoms with Crippen LogP contribution in [0.5, 0.6) is 0 Å². The van der Waals surface area contributed by atoms with Crippen molar-refractivity contribution in [3.63, 3.8) is 0 Å². The first-order chi connectivity index (χ1) is 11.1. The zero-order valence-electron chi connectivity index (χ0n) is 13.7. The molecule has 2 aromatic rings. The lowest BCUT2D eigenvalue weighted by Crippen LogP contribution is -2.49. The fourth-order valence-electron chi connectivity index (χ4n) is 4.67. The summed E-state index contributed by atoms with van der Waals surface area (Å²) in [4.78, 5) is 15.8. The van der Waals surface area contributed by atoms with E-state index in [1.54, 1.807) is 0 Å². The first-order valence-corrected chi connectivity index (χ1v) is 8.90. The number of rotatable bonds is 3. The highest BCUT2D eigenvalue weighted by Gasteiger charge is 2.53. The van der Waals surface area contributed by atoms with Gasteiger partial charge in [-0.1, -0.05) is 17.7 Å². The molecule has 0 bridgehead atoms. The Kier molecular flexibility index (Phi) is 3.45. The zero-order chi connectivity index (χ0) is 16.2. The molecule has 1 aromatic carbocycles. The highest BCUT2D eigenvalue weighted by Crippen LogP contribution is 2.57. The molecule has 0 radical (unpaired) electrons. The summed E-state index contributed by atoms with van der Waals surface area (Å²) in [6.07, 6.45) is 5.04. The van der Waals surface area contributed by atoms with Gasteiger partial charge < -0.3 is 9.72 Å². The van der Waals surface area contributed by atoms with Gasteiger partial charge in [0.25, 0.3) is 0 Å². The van der Waals surface area contributed by atoms with Crippen molar-refractivity contribution in [1.29, 1.82) is 0 Å². The second-order valence-corrected chi connectivity index (χ2v) is 7.39. The van der Waals surface area contributed by atoms with Crippen LogP contribution in [0.2, 0.25) is 5.02 Å². The maximum Gasteiger partial charge on any atom is 0.306 e. The molecule has 3 nitrogen and oxygen atoms in total. The van der Waals surface area contributed by atoms with Crippen LogP contribution in [0.3, 0.4) is 0 Å². The number of aromatic amines is 1. The van der Waals surface area contributed by atoms with Crippen molar-refractivity contribution in [2.24, 2.45) is 5.92 Å². The van der Waals surface area contributed by atoms with Gasteiger partial charge in [-0.2, -0.15) is 0 Å². The average molecular weight is 332 g/mol. The topological polar surface area (TPSA) is 42.1 Å². The van der Waals surface area contributed by atoms with Crippen molar-refractivity contribution < 1.29 is 9.53 Å². The van der Waals surface area contributed by atoms with Crippen LogP contribution in [0.1, 0.15) is 49.4 Å². The summed E-state index contributed by atoms with van der Waals surface area (Å²) in [5.41, 5.74) is 4.85. The third-order valence-electron chi connectivity index (χ3n) is 6.00. The Labute approximate surface area is 141 Å². The van der Waals surface area contributed by atoms with Crippen molar-refractivity contribution >= 4 is 28.5 Å². The maximum absolute atomic E-state index is 12.2. The molecule has 0 spiro atoms. The summed E-state index contributed by atoms with van der Waals surface area (Å²) in [7, 11) is 0. The molecule has 23 heavy (non-hydrogen) atoms. The lowest BCUT2D eigenvalue weighted by Gasteiger charge is -2.52. The van der Waals surface area contributed by atoms with E-state index in [0.717, 1.165) is 28.9 Å². The van der Waals surface area contributed by atoms with Crippen LogP contribution in [0.4, 0.5) is 0 Å². The van der Waals surface area contributed by atoms with Gasteiger partial charge in [-0.05, 0) is 62.6 Å². The van der Waals surface area contributed by atoms with Crippen molar-refractivity contribution in [2.45, 2.75) is 51.4 Å². The minimum Gasteiger partial charge on any atom is -0.466 e. The molecule has 0 aliphatic heterocycles. The van der Waals surface area contributed by atoms with Gasteiger partial charge in [0.15, 0.2) is 0 Å². The van der Waals surface area contributed by atoms with Crippen LogP contribution in [0, 0.1) is 12.8 Å². The number of halogens is 1. The van der Waals surface area contributed by atoms with Crippen molar-refractivity contribution in [3.05, 3.63) is 34.0 Å². The number of aromatic nitrogens is 1. The normalized spacial score (nSPS) is 25.6. The van der Waals surface area contributed by atoms with Crippen molar-refractivity contribution in [1.82, 2.24) is 4.98 Å². The first kappa shape index (κ1) is 15.1. The van der Waals surface area contributed by atoms with Crippen molar-refractivity contribution in [3.8, 4) is 0 Å². The molecule has 1 N–H and O–H groups in total.